The average molecular weight is 314 g/mol. The number of carbonyl (C=O) groups is 2. The van der Waals surface area contributed by atoms with Crippen molar-refractivity contribution in [1.82, 2.24) is 5.32 Å². The van der Waals surface area contributed by atoms with Gasteiger partial charge >= 0.3 is 5.97 Å². The molecule has 0 aliphatic heterocycles. The van der Waals surface area contributed by atoms with Crippen molar-refractivity contribution in [1.29, 1.82) is 4.78 Å². The van der Waals surface area contributed by atoms with Gasteiger partial charge in [0, 0.05) is 27.2 Å². The highest BCUT2D eigenvalue weighted by Crippen LogP contribution is 2.33. The fourth-order valence-electron chi connectivity index (χ4n) is 2.23. The molecule has 1 atom stereocenters. The number of methoxy groups -OCH3 is 1. The van der Waals surface area contributed by atoms with Gasteiger partial charge in [-0.05, 0) is 18.9 Å². The summed E-state index contributed by atoms with van der Waals surface area (Å²) in [6.45, 7) is 0.0970. The highest BCUT2D eigenvalue weighted by molar-refractivity contribution is 7.92. The summed E-state index contributed by atoms with van der Waals surface area (Å²) in [5.74, 6) is -0.581. The molecule has 21 heavy (non-hydrogen) atoms. The van der Waals surface area contributed by atoms with Crippen molar-refractivity contribution in [2.75, 3.05) is 13.4 Å². The first-order valence-electron chi connectivity index (χ1n) is 6.48. The molecule has 0 bridgehead atoms. The Labute approximate surface area is 123 Å². The second-order valence-electron chi connectivity index (χ2n) is 5.16. The van der Waals surface area contributed by atoms with Crippen LogP contribution in [0.15, 0.2) is 16.7 Å². The summed E-state index contributed by atoms with van der Waals surface area (Å²) in [7, 11) is -1.30. The molecule has 1 aliphatic rings. The van der Waals surface area contributed by atoms with E-state index in [1.54, 1.807) is 0 Å². The number of nitrogens with one attached hydrogen (secondary N) is 2. The van der Waals surface area contributed by atoms with E-state index in [1.165, 1.54) is 25.7 Å². The molecule has 2 rings (SSSR count). The number of hydrogen-bond acceptors (Lipinski definition) is 6. The van der Waals surface area contributed by atoms with Crippen molar-refractivity contribution >= 4 is 21.6 Å². The minimum atomic E-state index is -2.57. The second-order valence-corrected chi connectivity index (χ2v) is 7.64. The predicted molar refractivity (Wildman–Crippen MR) is 75.2 cm³/mol. The van der Waals surface area contributed by atoms with Crippen LogP contribution in [0.4, 0.5) is 0 Å². The van der Waals surface area contributed by atoms with E-state index in [4.69, 9.17) is 9.20 Å². The van der Waals surface area contributed by atoms with Crippen LogP contribution in [0.2, 0.25) is 0 Å². The quantitative estimate of drug-likeness (QED) is 0.792. The van der Waals surface area contributed by atoms with E-state index in [-0.39, 0.29) is 29.2 Å². The van der Waals surface area contributed by atoms with E-state index in [1.807, 2.05) is 0 Å². The molecule has 1 saturated carbocycles. The number of rotatable bonds is 5. The van der Waals surface area contributed by atoms with Gasteiger partial charge in [-0.15, -0.1) is 0 Å². The SMILES string of the molecule is COC(=O)c1ccoc1CNC(=O)C1CC(S(C)(=N)=O)C1. The third-order valence-corrected chi connectivity index (χ3v) is 5.33. The maximum Gasteiger partial charge on any atom is 0.341 e. The Balaban J connectivity index is 1.86. The van der Waals surface area contributed by atoms with Crippen LogP contribution < -0.4 is 5.32 Å². The van der Waals surface area contributed by atoms with Gasteiger partial charge < -0.3 is 14.5 Å². The highest BCUT2D eigenvalue weighted by Gasteiger charge is 2.38. The van der Waals surface area contributed by atoms with E-state index in [0.29, 0.717) is 18.6 Å². The summed E-state index contributed by atoms with van der Waals surface area (Å²) in [6, 6.07) is 1.49. The third kappa shape index (κ3) is 3.44. The zero-order valence-corrected chi connectivity index (χ0v) is 12.7. The van der Waals surface area contributed by atoms with Crippen LogP contribution in [0.3, 0.4) is 0 Å². The van der Waals surface area contributed by atoms with E-state index < -0.39 is 15.7 Å². The second kappa shape index (κ2) is 5.88. The lowest BCUT2D eigenvalue weighted by atomic mass is 9.84. The highest BCUT2D eigenvalue weighted by atomic mass is 32.2. The molecule has 1 unspecified atom stereocenters. The first kappa shape index (κ1) is 15.6. The lowest BCUT2D eigenvalue weighted by molar-refractivity contribution is -0.127. The number of ether oxygens (including phenoxy) is 1. The Bertz CT molecular complexity index is 643. The standard InChI is InChI=1S/C13H18N2O5S/c1-19-13(17)10-3-4-20-11(10)7-15-12(16)8-5-9(6-8)21(2,14)18/h3-4,8-9,14H,5-7H2,1-2H3,(H,15,16). The lowest BCUT2D eigenvalue weighted by Crippen LogP contribution is -2.43. The maximum absolute atomic E-state index is 11.9. The molecular formula is C13H18N2O5S. The molecule has 1 aliphatic carbocycles. The molecule has 1 fully saturated rings. The van der Waals surface area contributed by atoms with Crippen molar-refractivity contribution < 1.29 is 23.0 Å². The van der Waals surface area contributed by atoms with Crippen LogP contribution in [0, 0.1) is 10.7 Å². The van der Waals surface area contributed by atoms with Crippen LogP contribution in [0.5, 0.6) is 0 Å². The molecule has 7 nitrogen and oxygen atoms in total. The molecule has 8 heteroatoms. The third-order valence-electron chi connectivity index (χ3n) is 3.68. The molecule has 116 valence electrons. The van der Waals surface area contributed by atoms with Crippen LogP contribution >= 0.6 is 0 Å². The monoisotopic (exact) mass is 314 g/mol. The van der Waals surface area contributed by atoms with Gasteiger partial charge in [0.05, 0.1) is 19.9 Å². The van der Waals surface area contributed by atoms with E-state index >= 15 is 0 Å². The molecule has 1 aromatic heterocycles. The zero-order valence-electron chi connectivity index (χ0n) is 11.9. The minimum Gasteiger partial charge on any atom is -0.467 e. The summed E-state index contributed by atoms with van der Waals surface area (Å²) < 4.78 is 28.7. The Morgan fingerprint density at radius 1 is 1.52 bits per heavy atom. The summed E-state index contributed by atoms with van der Waals surface area (Å²) in [5.41, 5.74) is 0.284. The number of esters is 1. The molecule has 1 heterocycles. The van der Waals surface area contributed by atoms with Crippen LogP contribution in [-0.2, 0) is 25.8 Å². The number of furan rings is 1. The topological polar surface area (TPSA) is 109 Å². The molecule has 1 aromatic rings. The molecule has 0 saturated heterocycles. The van der Waals surface area contributed by atoms with Gasteiger partial charge in [-0.3, -0.25) is 9.57 Å². The van der Waals surface area contributed by atoms with E-state index in [9.17, 15) is 13.8 Å². The lowest BCUT2D eigenvalue weighted by Gasteiger charge is -2.34. The Morgan fingerprint density at radius 3 is 2.76 bits per heavy atom. The molecule has 1 amide bonds. The van der Waals surface area contributed by atoms with Gasteiger partial charge in [0.2, 0.25) is 5.91 Å². The van der Waals surface area contributed by atoms with Crippen molar-refractivity contribution in [2.24, 2.45) is 5.92 Å². The van der Waals surface area contributed by atoms with Gasteiger partial charge in [-0.25, -0.2) is 9.00 Å². The van der Waals surface area contributed by atoms with Crippen molar-refractivity contribution in [3.05, 3.63) is 23.7 Å². The fraction of sp³-hybridized carbons (Fsp3) is 0.538. The van der Waals surface area contributed by atoms with E-state index in [0.717, 1.165) is 0 Å². The van der Waals surface area contributed by atoms with Gasteiger partial charge in [0.1, 0.15) is 11.3 Å². The predicted octanol–water partition coefficient (Wildman–Crippen LogP) is 1.14. The number of carbonyl (C=O) groups excluding carboxylic acids is 2. The van der Waals surface area contributed by atoms with Gasteiger partial charge in [0.15, 0.2) is 0 Å². The van der Waals surface area contributed by atoms with Gasteiger partial charge in [0.25, 0.3) is 0 Å². The first-order chi connectivity index (χ1) is 9.82. The van der Waals surface area contributed by atoms with Gasteiger partial charge in [-0.1, -0.05) is 0 Å². The van der Waals surface area contributed by atoms with Crippen LogP contribution in [0.25, 0.3) is 0 Å². The molecule has 0 spiro atoms. The smallest absolute Gasteiger partial charge is 0.341 e. The summed E-state index contributed by atoms with van der Waals surface area (Å²) in [4.78, 5) is 23.4. The summed E-state index contributed by atoms with van der Waals surface area (Å²) in [6.07, 6.45) is 3.69. The normalized spacial score (nSPS) is 23.7. The average Bonchev–Trinajstić information content (AvgIpc) is 2.80. The van der Waals surface area contributed by atoms with Crippen molar-refractivity contribution in [3.63, 3.8) is 0 Å². The fourth-order valence-corrected chi connectivity index (χ4v) is 3.43. The molecular weight excluding hydrogens is 296 g/mol. The summed E-state index contributed by atoms with van der Waals surface area (Å²) >= 11 is 0. The number of hydrogen-bond donors (Lipinski definition) is 2. The van der Waals surface area contributed by atoms with Crippen molar-refractivity contribution in [2.45, 2.75) is 24.6 Å². The van der Waals surface area contributed by atoms with Crippen molar-refractivity contribution in [3.8, 4) is 0 Å². The minimum absolute atomic E-state index is 0.0970. The molecule has 2 N–H and O–H groups in total. The van der Waals surface area contributed by atoms with Gasteiger partial charge in [-0.2, -0.15) is 0 Å². The Hall–Kier alpha value is -1.83. The largest absolute Gasteiger partial charge is 0.467 e. The van der Waals surface area contributed by atoms with E-state index in [2.05, 4.69) is 10.1 Å². The Kier molecular flexibility index (Phi) is 4.36. The first-order valence-corrected chi connectivity index (χ1v) is 8.51. The molecule has 0 aromatic carbocycles. The maximum atomic E-state index is 11.9. The summed E-state index contributed by atoms with van der Waals surface area (Å²) in [5, 5.41) is 2.48. The Morgan fingerprint density at radius 2 is 2.19 bits per heavy atom. The number of amides is 1. The molecule has 0 radical (unpaired) electrons. The van der Waals surface area contributed by atoms with Crippen LogP contribution in [-0.4, -0.2) is 34.7 Å². The van der Waals surface area contributed by atoms with Crippen LogP contribution in [0.1, 0.15) is 29.0 Å². The zero-order chi connectivity index (χ0) is 15.6.